The van der Waals surface area contributed by atoms with Gasteiger partial charge in [-0.15, -0.1) is 0 Å². The molecule has 4 heteroatoms. The summed E-state index contributed by atoms with van der Waals surface area (Å²) >= 11 is 0. The van der Waals surface area contributed by atoms with Gasteiger partial charge in [0, 0.05) is 6.42 Å². The first kappa shape index (κ1) is 8.04. The van der Waals surface area contributed by atoms with Crippen LogP contribution >= 0.6 is 0 Å². The predicted molar refractivity (Wildman–Crippen MR) is 36.0 cm³/mol. The van der Waals surface area contributed by atoms with Crippen LogP contribution in [0, 0.1) is 0 Å². The molecule has 1 saturated heterocycles. The standard InChI is InChI=1S/C7H10O4/c8-6-4-2-1-3-5(11-6)7(9)10/h5H,1-4H2,(H,9,10). The molecule has 0 radical (unpaired) electrons. The van der Waals surface area contributed by atoms with E-state index >= 15 is 0 Å². The lowest BCUT2D eigenvalue weighted by atomic mass is 10.1. The zero-order chi connectivity index (χ0) is 8.27. The van der Waals surface area contributed by atoms with Crippen LogP contribution in [0.1, 0.15) is 25.7 Å². The van der Waals surface area contributed by atoms with Crippen LogP contribution in [0.2, 0.25) is 0 Å². The number of carbonyl (C=O) groups excluding carboxylic acids is 1. The molecule has 1 atom stereocenters. The van der Waals surface area contributed by atoms with Crippen molar-refractivity contribution in [3.8, 4) is 0 Å². The molecular formula is C7H10O4. The van der Waals surface area contributed by atoms with Gasteiger partial charge < -0.3 is 9.84 Å². The lowest BCUT2D eigenvalue weighted by Crippen LogP contribution is -2.24. The third-order valence-corrected chi connectivity index (χ3v) is 1.65. The van der Waals surface area contributed by atoms with Gasteiger partial charge in [-0.3, -0.25) is 4.79 Å². The summed E-state index contributed by atoms with van der Waals surface area (Å²) in [7, 11) is 0. The molecule has 0 aromatic rings. The lowest BCUT2D eigenvalue weighted by Gasteiger charge is -2.08. The van der Waals surface area contributed by atoms with Crippen molar-refractivity contribution in [2.24, 2.45) is 0 Å². The van der Waals surface area contributed by atoms with Crippen LogP contribution in [-0.4, -0.2) is 23.1 Å². The van der Waals surface area contributed by atoms with Crippen molar-refractivity contribution in [2.45, 2.75) is 31.8 Å². The quantitative estimate of drug-likeness (QED) is 0.566. The van der Waals surface area contributed by atoms with E-state index in [9.17, 15) is 9.59 Å². The van der Waals surface area contributed by atoms with Gasteiger partial charge in [-0.1, -0.05) is 0 Å². The first-order chi connectivity index (χ1) is 5.20. The van der Waals surface area contributed by atoms with Crippen molar-refractivity contribution >= 4 is 11.9 Å². The number of cyclic esters (lactones) is 1. The third-order valence-electron chi connectivity index (χ3n) is 1.65. The second-order valence-electron chi connectivity index (χ2n) is 2.56. The molecule has 62 valence electrons. The first-order valence-corrected chi connectivity index (χ1v) is 3.62. The molecule has 1 unspecified atom stereocenters. The summed E-state index contributed by atoms with van der Waals surface area (Å²) in [5.74, 6) is -1.44. The Hall–Kier alpha value is -1.06. The van der Waals surface area contributed by atoms with Gasteiger partial charge >= 0.3 is 11.9 Å². The van der Waals surface area contributed by atoms with Crippen LogP contribution in [0.25, 0.3) is 0 Å². The molecule has 4 nitrogen and oxygen atoms in total. The van der Waals surface area contributed by atoms with Crippen LogP contribution in [-0.2, 0) is 14.3 Å². The number of rotatable bonds is 1. The van der Waals surface area contributed by atoms with Gasteiger partial charge in [0.1, 0.15) is 0 Å². The normalized spacial score (nSPS) is 25.5. The molecule has 0 amide bonds. The fraction of sp³-hybridized carbons (Fsp3) is 0.714. The smallest absolute Gasteiger partial charge is 0.345 e. The van der Waals surface area contributed by atoms with Crippen LogP contribution < -0.4 is 0 Å². The minimum atomic E-state index is -1.04. The predicted octanol–water partition coefficient (Wildman–Crippen LogP) is 0.557. The van der Waals surface area contributed by atoms with E-state index in [2.05, 4.69) is 4.74 Å². The minimum Gasteiger partial charge on any atom is -0.479 e. The Balaban J connectivity index is 2.52. The van der Waals surface area contributed by atoms with E-state index in [4.69, 9.17) is 5.11 Å². The first-order valence-electron chi connectivity index (χ1n) is 3.62. The van der Waals surface area contributed by atoms with Crippen LogP contribution in [0.3, 0.4) is 0 Å². The summed E-state index contributed by atoms with van der Waals surface area (Å²) in [6.45, 7) is 0. The molecule has 1 heterocycles. The molecule has 1 rings (SSSR count). The van der Waals surface area contributed by atoms with Gasteiger partial charge in [-0.05, 0) is 19.3 Å². The van der Waals surface area contributed by atoms with E-state index in [0.717, 1.165) is 12.8 Å². The molecule has 0 aliphatic carbocycles. The maximum absolute atomic E-state index is 10.7. The summed E-state index contributed by atoms with van der Waals surface area (Å²) in [6, 6.07) is 0. The van der Waals surface area contributed by atoms with Crippen molar-refractivity contribution in [1.82, 2.24) is 0 Å². The van der Waals surface area contributed by atoms with Crippen LogP contribution in [0.5, 0.6) is 0 Å². The highest BCUT2D eigenvalue weighted by Gasteiger charge is 2.24. The number of hydrogen-bond donors (Lipinski definition) is 1. The van der Waals surface area contributed by atoms with Gasteiger partial charge in [0.25, 0.3) is 0 Å². The van der Waals surface area contributed by atoms with Gasteiger partial charge in [-0.25, -0.2) is 4.79 Å². The molecule has 1 aliphatic heterocycles. The molecule has 0 bridgehead atoms. The van der Waals surface area contributed by atoms with Crippen molar-refractivity contribution in [2.75, 3.05) is 0 Å². The lowest BCUT2D eigenvalue weighted by molar-refractivity contribution is -0.163. The molecule has 0 aromatic carbocycles. The molecular weight excluding hydrogens is 148 g/mol. The maximum Gasteiger partial charge on any atom is 0.345 e. The summed E-state index contributed by atoms with van der Waals surface area (Å²) < 4.78 is 4.63. The number of carbonyl (C=O) groups is 2. The average molecular weight is 158 g/mol. The second kappa shape index (κ2) is 3.37. The zero-order valence-corrected chi connectivity index (χ0v) is 6.08. The maximum atomic E-state index is 10.7. The Labute approximate surface area is 64.2 Å². The van der Waals surface area contributed by atoms with Crippen molar-refractivity contribution < 1.29 is 19.4 Å². The topological polar surface area (TPSA) is 63.6 Å². The second-order valence-corrected chi connectivity index (χ2v) is 2.56. The Morgan fingerprint density at radius 1 is 1.55 bits per heavy atom. The highest BCUT2D eigenvalue weighted by atomic mass is 16.6. The molecule has 0 aromatic heterocycles. The number of ether oxygens (including phenoxy) is 1. The van der Waals surface area contributed by atoms with Crippen molar-refractivity contribution in [3.05, 3.63) is 0 Å². The Morgan fingerprint density at radius 2 is 2.27 bits per heavy atom. The van der Waals surface area contributed by atoms with Crippen molar-refractivity contribution in [3.63, 3.8) is 0 Å². The van der Waals surface area contributed by atoms with E-state index in [-0.39, 0.29) is 0 Å². The summed E-state index contributed by atoms with van der Waals surface area (Å²) in [5, 5.41) is 8.50. The zero-order valence-electron chi connectivity index (χ0n) is 6.08. The van der Waals surface area contributed by atoms with Crippen LogP contribution in [0.15, 0.2) is 0 Å². The monoisotopic (exact) mass is 158 g/mol. The number of carboxylic acids is 1. The Bertz CT molecular complexity index is 175. The molecule has 0 saturated carbocycles. The van der Waals surface area contributed by atoms with E-state index < -0.39 is 18.0 Å². The van der Waals surface area contributed by atoms with Crippen LogP contribution in [0.4, 0.5) is 0 Å². The molecule has 1 fully saturated rings. The minimum absolute atomic E-state index is 0.351. The molecule has 1 N–H and O–H groups in total. The largest absolute Gasteiger partial charge is 0.479 e. The Morgan fingerprint density at radius 3 is 2.91 bits per heavy atom. The highest BCUT2D eigenvalue weighted by molar-refractivity contribution is 5.78. The van der Waals surface area contributed by atoms with E-state index in [1.807, 2.05) is 0 Å². The Kier molecular flexibility index (Phi) is 2.46. The fourth-order valence-corrected chi connectivity index (χ4v) is 1.05. The molecule has 1 aliphatic rings. The van der Waals surface area contributed by atoms with Crippen molar-refractivity contribution in [1.29, 1.82) is 0 Å². The number of esters is 1. The highest BCUT2D eigenvalue weighted by Crippen LogP contribution is 2.13. The number of hydrogen-bond acceptors (Lipinski definition) is 3. The van der Waals surface area contributed by atoms with E-state index in [0.29, 0.717) is 12.8 Å². The number of carboxylic acid groups (broad SMARTS) is 1. The molecule has 0 spiro atoms. The van der Waals surface area contributed by atoms with E-state index in [1.165, 1.54) is 0 Å². The van der Waals surface area contributed by atoms with Gasteiger partial charge in [0.2, 0.25) is 0 Å². The fourth-order valence-electron chi connectivity index (χ4n) is 1.05. The van der Waals surface area contributed by atoms with E-state index in [1.54, 1.807) is 0 Å². The summed E-state index contributed by atoms with van der Waals surface area (Å²) in [5.41, 5.74) is 0. The summed E-state index contributed by atoms with van der Waals surface area (Å²) in [4.78, 5) is 21.1. The molecule has 11 heavy (non-hydrogen) atoms. The van der Waals surface area contributed by atoms with Gasteiger partial charge in [0.05, 0.1) is 0 Å². The SMILES string of the molecule is O=C1CCCCC(C(=O)O)O1. The summed E-state index contributed by atoms with van der Waals surface area (Å²) in [6.07, 6.45) is 1.38. The third kappa shape index (κ3) is 2.22. The van der Waals surface area contributed by atoms with Gasteiger partial charge in [-0.2, -0.15) is 0 Å². The number of aliphatic carboxylic acids is 1. The van der Waals surface area contributed by atoms with Gasteiger partial charge in [0.15, 0.2) is 6.10 Å². The average Bonchev–Trinajstić information content (AvgIpc) is 2.13.